The maximum Gasteiger partial charge on any atom is 0.169 e. The molecule has 1 aromatic carbocycles. The van der Waals surface area contributed by atoms with E-state index in [9.17, 15) is 8.78 Å². The quantitative estimate of drug-likeness (QED) is 0.857. The Morgan fingerprint density at radius 1 is 1.23 bits per heavy atom. The number of nitrogens with one attached hydrogen (secondary N) is 1. The van der Waals surface area contributed by atoms with Gasteiger partial charge in [-0.2, -0.15) is 0 Å². The monoisotopic (exact) mass is 327 g/mol. The molecule has 0 aromatic heterocycles. The molecule has 1 aliphatic heterocycles. The minimum absolute atomic E-state index is 0.411. The van der Waals surface area contributed by atoms with Crippen molar-refractivity contribution in [2.45, 2.75) is 20.4 Å². The summed E-state index contributed by atoms with van der Waals surface area (Å²) >= 11 is 5.39. The van der Waals surface area contributed by atoms with Gasteiger partial charge in [-0.15, -0.1) is 0 Å². The number of benzene rings is 1. The molecule has 1 aliphatic rings. The molecule has 0 radical (unpaired) electrons. The van der Waals surface area contributed by atoms with E-state index in [1.807, 2.05) is 0 Å². The van der Waals surface area contributed by atoms with Gasteiger partial charge < -0.3 is 10.2 Å². The first-order valence-electron chi connectivity index (χ1n) is 7.65. The Morgan fingerprint density at radius 3 is 2.55 bits per heavy atom. The lowest BCUT2D eigenvalue weighted by Crippen LogP contribution is -2.51. The molecule has 0 aliphatic carbocycles. The summed E-state index contributed by atoms with van der Waals surface area (Å²) in [7, 11) is 0. The smallest absolute Gasteiger partial charge is 0.169 e. The molecule has 0 spiro atoms. The number of thiocarbonyl (C=S) groups is 1. The van der Waals surface area contributed by atoms with Crippen molar-refractivity contribution in [3.05, 3.63) is 35.4 Å². The highest BCUT2D eigenvalue weighted by molar-refractivity contribution is 7.80. The van der Waals surface area contributed by atoms with E-state index in [0.29, 0.717) is 18.0 Å². The first kappa shape index (κ1) is 17.1. The molecule has 2 rings (SSSR count). The van der Waals surface area contributed by atoms with E-state index in [4.69, 9.17) is 12.2 Å². The van der Waals surface area contributed by atoms with Crippen molar-refractivity contribution in [1.82, 2.24) is 15.1 Å². The molecule has 1 heterocycles. The van der Waals surface area contributed by atoms with Gasteiger partial charge in [0.15, 0.2) is 16.7 Å². The molecule has 0 bridgehead atoms. The molecule has 0 amide bonds. The fourth-order valence-electron chi connectivity index (χ4n) is 2.42. The Kier molecular flexibility index (Phi) is 6.08. The van der Waals surface area contributed by atoms with Crippen molar-refractivity contribution < 1.29 is 8.78 Å². The summed E-state index contributed by atoms with van der Waals surface area (Å²) in [5.41, 5.74) is 0.411. The lowest BCUT2D eigenvalue weighted by Gasteiger charge is -2.36. The number of hydrogen-bond acceptors (Lipinski definition) is 2. The number of piperazine rings is 1. The van der Waals surface area contributed by atoms with Crippen molar-refractivity contribution in [1.29, 1.82) is 0 Å². The third-order valence-electron chi connectivity index (χ3n) is 3.75. The van der Waals surface area contributed by atoms with E-state index >= 15 is 0 Å². The van der Waals surface area contributed by atoms with Crippen LogP contribution in [0.15, 0.2) is 18.2 Å². The Hall–Kier alpha value is -1.27. The van der Waals surface area contributed by atoms with Crippen LogP contribution in [0.5, 0.6) is 0 Å². The van der Waals surface area contributed by atoms with Gasteiger partial charge in [0.1, 0.15) is 0 Å². The highest BCUT2D eigenvalue weighted by Gasteiger charge is 2.20. The van der Waals surface area contributed by atoms with Crippen LogP contribution in [-0.2, 0) is 6.54 Å². The molecule has 1 aromatic rings. The first-order valence-corrected chi connectivity index (χ1v) is 8.06. The number of halogens is 2. The molecule has 0 unspecified atom stereocenters. The second kappa shape index (κ2) is 7.83. The molecular formula is C16H23F2N3S. The molecule has 0 saturated carbocycles. The van der Waals surface area contributed by atoms with E-state index < -0.39 is 11.6 Å². The van der Waals surface area contributed by atoms with Crippen molar-refractivity contribution in [2.75, 3.05) is 32.7 Å². The summed E-state index contributed by atoms with van der Waals surface area (Å²) < 4.78 is 26.9. The van der Waals surface area contributed by atoms with E-state index in [0.717, 1.165) is 43.9 Å². The van der Waals surface area contributed by atoms with Crippen LogP contribution in [-0.4, -0.2) is 47.6 Å². The fourth-order valence-corrected chi connectivity index (χ4v) is 2.69. The molecule has 6 heteroatoms. The van der Waals surface area contributed by atoms with Gasteiger partial charge >= 0.3 is 0 Å². The molecule has 3 nitrogen and oxygen atoms in total. The third-order valence-corrected chi connectivity index (χ3v) is 4.15. The van der Waals surface area contributed by atoms with Gasteiger partial charge in [0.05, 0.1) is 0 Å². The molecule has 1 fully saturated rings. The molecular weight excluding hydrogens is 304 g/mol. The molecule has 22 heavy (non-hydrogen) atoms. The lowest BCUT2D eigenvalue weighted by atomic mass is 10.1. The van der Waals surface area contributed by atoms with E-state index in [-0.39, 0.29) is 0 Å². The van der Waals surface area contributed by atoms with Crippen LogP contribution in [0, 0.1) is 17.6 Å². The maximum atomic E-state index is 13.7. The summed E-state index contributed by atoms with van der Waals surface area (Å²) in [6.07, 6.45) is 0. The van der Waals surface area contributed by atoms with Crippen LogP contribution < -0.4 is 5.32 Å². The van der Waals surface area contributed by atoms with E-state index in [1.165, 1.54) is 0 Å². The zero-order chi connectivity index (χ0) is 16.1. The lowest BCUT2D eigenvalue weighted by molar-refractivity contribution is 0.172. The Balaban J connectivity index is 1.82. The molecule has 1 N–H and O–H groups in total. The fraction of sp³-hybridized carbons (Fsp3) is 0.562. The average molecular weight is 327 g/mol. The van der Waals surface area contributed by atoms with E-state index in [1.54, 1.807) is 12.1 Å². The molecule has 1 saturated heterocycles. The van der Waals surface area contributed by atoms with Crippen molar-refractivity contribution >= 4 is 17.3 Å². The minimum Gasteiger partial charge on any atom is -0.362 e. The Labute approximate surface area is 136 Å². The Morgan fingerprint density at radius 2 is 1.91 bits per heavy atom. The van der Waals surface area contributed by atoms with Crippen LogP contribution >= 0.6 is 12.2 Å². The first-order chi connectivity index (χ1) is 10.5. The number of nitrogens with zero attached hydrogens (tertiary/aromatic N) is 2. The number of rotatable bonds is 4. The normalized spacial score (nSPS) is 16.1. The summed E-state index contributed by atoms with van der Waals surface area (Å²) in [6, 6.07) is 4.34. The molecule has 122 valence electrons. The Bertz CT molecular complexity index is 514. The van der Waals surface area contributed by atoms with Gasteiger partial charge in [-0.1, -0.05) is 26.0 Å². The van der Waals surface area contributed by atoms with Crippen LogP contribution in [0.3, 0.4) is 0 Å². The van der Waals surface area contributed by atoms with E-state index in [2.05, 4.69) is 29.0 Å². The molecule has 0 atom stereocenters. The van der Waals surface area contributed by atoms with Gasteiger partial charge in [-0.3, -0.25) is 4.90 Å². The summed E-state index contributed by atoms with van der Waals surface area (Å²) in [5, 5.41) is 4.04. The topological polar surface area (TPSA) is 18.5 Å². The predicted octanol–water partition coefficient (Wildman–Crippen LogP) is 2.61. The van der Waals surface area contributed by atoms with Crippen molar-refractivity contribution in [3.8, 4) is 0 Å². The van der Waals surface area contributed by atoms with Crippen LogP contribution in [0.4, 0.5) is 8.78 Å². The van der Waals surface area contributed by atoms with Crippen LogP contribution in [0.25, 0.3) is 0 Å². The van der Waals surface area contributed by atoms with Gasteiger partial charge in [-0.05, 0) is 24.2 Å². The average Bonchev–Trinajstić information content (AvgIpc) is 2.50. The largest absolute Gasteiger partial charge is 0.362 e. The zero-order valence-corrected chi connectivity index (χ0v) is 13.9. The zero-order valence-electron chi connectivity index (χ0n) is 13.1. The van der Waals surface area contributed by atoms with Gasteiger partial charge in [0, 0.05) is 44.8 Å². The van der Waals surface area contributed by atoms with Gasteiger partial charge in [0.2, 0.25) is 0 Å². The second-order valence-corrected chi connectivity index (χ2v) is 6.44. The number of hydrogen-bond donors (Lipinski definition) is 1. The van der Waals surface area contributed by atoms with Crippen molar-refractivity contribution in [3.63, 3.8) is 0 Å². The summed E-state index contributed by atoms with van der Waals surface area (Å²) in [4.78, 5) is 4.26. The van der Waals surface area contributed by atoms with Gasteiger partial charge in [-0.25, -0.2) is 8.78 Å². The van der Waals surface area contributed by atoms with Crippen LogP contribution in [0.1, 0.15) is 19.4 Å². The minimum atomic E-state index is -0.782. The predicted molar refractivity (Wildman–Crippen MR) is 88.6 cm³/mol. The van der Waals surface area contributed by atoms with Crippen molar-refractivity contribution in [2.24, 2.45) is 5.92 Å². The third kappa shape index (κ3) is 4.61. The summed E-state index contributed by atoms with van der Waals surface area (Å²) in [6.45, 7) is 8.78. The van der Waals surface area contributed by atoms with Gasteiger partial charge in [0.25, 0.3) is 0 Å². The second-order valence-electron chi connectivity index (χ2n) is 6.06. The highest BCUT2D eigenvalue weighted by Crippen LogP contribution is 2.15. The van der Waals surface area contributed by atoms with Crippen LogP contribution in [0.2, 0.25) is 0 Å². The highest BCUT2D eigenvalue weighted by atomic mass is 32.1. The summed E-state index contributed by atoms with van der Waals surface area (Å²) in [5.74, 6) is -0.968. The standard InChI is InChI=1S/C16H23F2N3S/c1-12(2)10-19-16(22)21-8-6-20(7-9-21)11-13-4-3-5-14(17)15(13)18/h3-5,12H,6-11H2,1-2H3,(H,19,22). The SMILES string of the molecule is CC(C)CNC(=S)N1CCN(Cc2cccc(F)c2F)CC1. The maximum absolute atomic E-state index is 13.7.